The third kappa shape index (κ3) is 4.68. The summed E-state index contributed by atoms with van der Waals surface area (Å²) in [6.07, 6.45) is 11.3. The number of para-hydroxylation sites is 1. The fourth-order valence-electron chi connectivity index (χ4n) is 5.04. The molecule has 34 heavy (non-hydrogen) atoms. The predicted octanol–water partition coefficient (Wildman–Crippen LogP) is 5.14. The number of rotatable bonds is 7. The van der Waals surface area contributed by atoms with E-state index in [9.17, 15) is 9.18 Å². The molecule has 0 unspecified atom stereocenters. The Morgan fingerprint density at radius 2 is 1.94 bits per heavy atom. The summed E-state index contributed by atoms with van der Waals surface area (Å²) in [5, 5.41) is 6.68. The number of anilines is 1. The fraction of sp³-hybridized carbons (Fsp3) is 0.346. The normalized spacial score (nSPS) is 20.5. The molecule has 1 aliphatic carbocycles. The summed E-state index contributed by atoms with van der Waals surface area (Å²) in [6, 6.07) is 14.5. The highest BCUT2D eigenvalue weighted by atomic mass is 32.1. The summed E-state index contributed by atoms with van der Waals surface area (Å²) in [4.78, 5) is 19.2. The molecular formula is C26H28FN5OS. The van der Waals surface area contributed by atoms with Gasteiger partial charge in [0.25, 0.3) is 0 Å². The monoisotopic (exact) mass is 477 g/mol. The number of nitrogens with one attached hydrogen (secondary N) is 2. The second-order valence-corrected chi connectivity index (χ2v) is 9.32. The molecule has 2 fully saturated rings. The molecule has 0 spiro atoms. The zero-order chi connectivity index (χ0) is 23.5. The number of carbonyl (C=O) groups is 1. The first kappa shape index (κ1) is 22.5. The minimum atomic E-state index is -0.449. The topological polar surface area (TPSA) is 62.2 Å². The van der Waals surface area contributed by atoms with E-state index in [2.05, 4.69) is 43.5 Å². The van der Waals surface area contributed by atoms with Crippen LogP contribution in [0.2, 0.25) is 0 Å². The average Bonchev–Trinajstić information content (AvgIpc) is 3.60. The molecule has 1 saturated carbocycles. The zero-order valence-electron chi connectivity index (χ0n) is 18.9. The lowest BCUT2D eigenvalue weighted by atomic mass is 9.99. The summed E-state index contributed by atoms with van der Waals surface area (Å²) in [5.41, 5.74) is 2.23. The van der Waals surface area contributed by atoms with Gasteiger partial charge in [-0.1, -0.05) is 31.0 Å². The smallest absolute Gasteiger partial charge is 0.226 e. The molecule has 0 bridgehead atoms. The van der Waals surface area contributed by atoms with Crippen molar-refractivity contribution in [3.05, 3.63) is 84.2 Å². The van der Waals surface area contributed by atoms with E-state index >= 15 is 0 Å². The number of halogens is 1. The fourth-order valence-corrected chi connectivity index (χ4v) is 5.37. The van der Waals surface area contributed by atoms with E-state index in [0.717, 1.165) is 11.3 Å². The molecule has 1 amide bonds. The minimum Gasteiger partial charge on any atom is -0.352 e. The molecule has 2 atom stereocenters. The lowest BCUT2D eigenvalue weighted by Gasteiger charge is -2.27. The second-order valence-electron chi connectivity index (χ2n) is 8.93. The Kier molecular flexibility index (Phi) is 6.58. The number of carbonyl (C=O) groups excluding carboxylic acids is 1. The molecular weight excluding hydrogens is 449 g/mol. The highest BCUT2D eigenvalue weighted by Gasteiger charge is 2.40. The van der Waals surface area contributed by atoms with Crippen molar-refractivity contribution in [3.63, 3.8) is 0 Å². The standard InChI is InChI=1S/C26H28FN5OS/c27-20-9-3-4-10-21(20)29-23(33)13-16-32-25(18-12-15-31(17-18)19-7-1-2-8-19)24(30-26(32)34)22-11-5-6-14-28-22/h3-6,9-12,14-15,17,19,24-25H,1-2,7-8,13,16H2,(H,29,33)(H,30,34)/t24-,25-/m0/s1. The van der Waals surface area contributed by atoms with Crippen molar-refractivity contribution in [1.29, 1.82) is 0 Å². The van der Waals surface area contributed by atoms with E-state index in [-0.39, 0.29) is 30.1 Å². The maximum Gasteiger partial charge on any atom is 0.226 e. The largest absolute Gasteiger partial charge is 0.352 e. The van der Waals surface area contributed by atoms with Gasteiger partial charge in [0.15, 0.2) is 5.11 Å². The third-order valence-corrected chi connectivity index (χ3v) is 7.10. The van der Waals surface area contributed by atoms with Crippen LogP contribution < -0.4 is 10.6 Å². The van der Waals surface area contributed by atoms with Gasteiger partial charge in [-0.05, 0) is 61.0 Å². The highest BCUT2D eigenvalue weighted by molar-refractivity contribution is 7.80. The molecule has 1 aromatic carbocycles. The van der Waals surface area contributed by atoms with Crippen molar-refractivity contribution in [3.8, 4) is 0 Å². The van der Waals surface area contributed by atoms with Gasteiger partial charge < -0.3 is 20.1 Å². The van der Waals surface area contributed by atoms with Crippen molar-refractivity contribution in [2.75, 3.05) is 11.9 Å². The lowest BCUT2D eigenvalue weighted by molar-refractivity contribution is -0.116. The molecule has 176 valence electrons. The van der Waals surface area contributed by atoms with E-state index in [4.69, 9.17) is 12.2 Å². The van der Waals surface area contributed by atoms with Crippen LogP contribution in [-0.2, 0) is 4.79 Å². The molecule has 1 saturated heterocycles. The van der Waals surface area contributed by atoms with Gasteiger partial charge in [0.05, 0.1) is 23.5 Å². The van der Waals surface area contributed by atoms with E-state index in [1.807, 2.05) is 18.2 Å². The van der Waals surface area contributed by atoms with Crippen molar-refractivity contribution >= 4 is 28.9 Å². The number of amides is 1. The molecule has 3 heterocycles. The predicted molar refractivity (Wildman–Crippen MR) is 134 cm³/mol. The Morgan fingerprint density at radius 3 is 2.71 bits per heavy atom. The molecule has 0 radical (unpaired) electrons. The van der Waals surface area contributed by atoms with Crippen molar-refractivity contribution in [2.45, 2.75) is 50.2 Å². The van der Waals surface area contributed by atoms with Crippen molar-refractivity contribution < 1.29 is 9.18 Å². The van der Waals surface area contributed by atoms with Crippen molar-refractivity contribution in [2.24, 2.45) is 0 Å². The van der Waals surface area contributed by atoms with Gasteiger partial charge in [0, 0.05) is 37.6 Å². The average molecular weight is 478 g/mol. The highest BCUT2D eigenvalue weighted by Crippen LogP contribution is 2.40. The Bertz CT molecular complexity index is 1160. The number of hydrogen-bond acceptors (Lipinski definition) is 3. The van der Waals surface area contributed by atoms with Crippen molar-refractivity contribution in [1.82, 2.24) is 19.8 Å². The maximum atomic E-state index is 13.9. The Morgan fingerprint density at radius 1 is 1.15 bits per heavy atom. The summed E-state index contributed by atoms with van der Waals surface area (Å²) in [7, 11) is 0. The molecule has 6 nitrogen and oxygen atoms in total. The van der Waals surface area contributed by atoms with E-state index in [1.54, 1.807) is 24.4 Å². The summed E-state index contributed by atoms with van der Waals surface area (Å²) < 4.78 is 16.3. The maximum absolute atomic E-state index is 13.9. The SMILES string of the molecule is O=C(CCN1C(=S)N[C@@H](c2ccccn2)[C@@H]1c1ccn(C2CCCC2)c1)Nc1ccccc1F. The number of benzene rings is 1. The van der Waals surface area contributed by atoms with Crippen LogP contribution in [0.4, 0.5) is 10.1 Å². The van der Waals surface area contributed by atoms with Gasteiger partial charge in [-0.25, -0.2) is 4.39 Å². The van der Waals surface area contributed by atoms with Gasteiger partial charge in [0.2, 0.25) is 5.91 Å². The van der Waals surface area contributed by atoms with Crippen LogP contribution in [-0.4, -0.2) is 32.0 Å². The lowest BCUT2D eigenvalue weighted by Crippen LogP contribution is -2.32. The summed E-state index contributed by atoms with van der Waals surface area (Å²) in [5.74, 6) is -0.702. The Hall–Kier alpha value is -3.26. The molecule has 2 aliphatic rings. The number of nitrogens with zero attached hydrogens (tertiary/aromatic N) is 3. The first-order valence-corrected chi connectivity index (χ1v) is 12.2. The first-order valence-electron chi connectivity index (χ1n) is 11.8. The first-order chi connectivity index (χ1) is 16.6. The number of pyridine rings is 1. The van der Waals surface area contributed by atoms with Crippen LogP contribution in [0.5, 0.6) is 0 Å². The molecule has 8 heteroatoms. The van der Waals surface area contributed by atoms with E-state index in [0.29, 0.717) is 17.7 Å². The second kappa shape index (κ2) is 9.93. The van der Waals surface area contributed by atoms with Gasteiger partial charge in [-0.2, -0.15) is 0 Å². The number of hydrogen-bond donors (Lipinski definition) is 2. The van der Waals surface area contributed by atoms with Crippen LogP contribution in [0.25, 0.3) is 0 Å². The van der Waals surface area contributed by atoms with E-state index < -0.39 is 5.82 Å². The van der Waals surface area contributed by atoms with Crippen LogP contribution in [0.1, 0.15) is 61.5 Å². The van der Waals surface area contributed by atoms with Crippen LogP contribution in [0, 0.1) is 5.82 Å². The third-order valence-electron chi connectivity index (χ3n) is 6.75. The van der Waals surface area contributed by atoms with Gasteiger partial charge in [-0.3, -0.25) is 9.78 Å². The molecule has 3 aromatic rings. The Labute approximate surface area is 204 Å². The molecule has 2 N–H and O–H groups in total. The van der Waals surface area contributed by atoms with Gasteiger partial charge in [-0.15, -0.1) is 0 Å². The summed E-state index contributed by atoms with van der Waals surface area (Å²) in [6.45, 7) is 0.411. The van der Waals surface area contributed by atoms with Crippen LogP contribution in [0.3, 0.4) is 0 Å². The van der Waals surface area contributed by atoms with Gasteiger partial charge >= 0.3 is 0 Å². The number of aromatic nitrogens is 2. The number of thiocarbonyl (C=S) groups is 1. The van der Waals surface area contributed by atoms with Gasteiger partial charge in [0.1, 0.15) is 5.82 Å². The zero-order valence-corrected chi connectivity index (χ0v) is 19.7. The quantitative estimate of drug-likeness (QED) is 0.462. The molecule has 1 aliphatic heterocycles. The van der Waals surface area contributed by atoms with Crippen LogP contribution >= 0.6 is 12.2 Å². The minimum absolute atomic E-state index is 0.0914. The van der Waals surface area contributed by atoms with Crippen LogP contribution in [0.15, 0.2) is 67.1 Å². The summed E-state index contributed by atoms with van der Waals surface area (Å²) >= 11 is 5.70. The molecule has 5 rings (SSSR count). The van der Waals surface area contributed by atoms with E-state index in [1.165, 1.54) is 31.7 Å². The molecule has 2 aromatic heterocycles. The Balaban J connectivity index is 1.36.